The number of carboxylic acids is 2. The van der Waals surface area contributed by atoms with E-state index in [-0.39, 0.29) is 17.1 Å². The van der Waals surface area contributed by atoms with Gasteiger partial charge in [0.15, 0.2) is 6.19 Å². The zero-order valence-electron chi connectivity index (χ0n) is 24.7. The Bertz CT molecular complexity index is 1450. The van der Waals surface area contributed by atoms with Gasteiger partial charge in [-0.1, -0.05) is 30.3 Å². The summed E-state index contributed by atoms with van der Waals surface area (Å²) in [6.45, 7) is 6.61. The Balaban J connectivity index is 1.39. The molecular formula is C32H38N6O5. The van der Waals surface area contributed by atoms with Crippen LogP contribution in [0.1, 0.15) is 56.1 Å². The van der Waals surface area contributed by atoms with Gasteiger partial charge in [-0.15, -0.1) is 0 Å². The van der Waals surface area contributed by atoms with E-state index >= 15 is 0 Å². The second kappa shape index (κ2) is 14.4. The lowest BCUT2D eigenvalue weighted by molar-refractivity contribution is -0.133. The number of para-hydroxylation sites is 1. The Morgan fingerprint density at radius 2 is 1.74 bits per heavy atom. The number of aliphatic imine (C=N–C) groups is 1. The number of methoxy groups -OCH3 is 1. The average Bonchev–Trinajstić information content (AvgIpc) is 2.99. The highest BCUT2D eigenvalue weighted by Gasteiger charge is 2.36. The highest BCUT2D eigenvalue weighted by molar-refractivity contribution is 5.99. The molecule has 226 valence electrons. The number of carboxylic acid groups (broad SMARTS) is 2. The van der Waals surface area contributed by atoms with E-state index < -0.39 is 17.9 Å². The zero-order chi connectivity index (χ0) is 30.9. The van der Waals surface area contributed by atoms with E-state index in [2.05, 4.69) is 38.0 Å². The minimum absolute atomic E-state index is 0.0314. The molecule has 2 aliphatic heterocycles. The Hall–Kier alpha value is -4.82. The van der Waals surface area contributed by atoms with Gasteiger partial charge in [0.25, 0.3) is 0 Å². The largest absolute Gasteiger partial charge is 0.496 e. The number of nitrogens with zero attached hydrogens (tertiary/aromatic N) is 3. The maximum absolute atomic E-state index is 12.1. The van der Waals surface area contributed by atoms with E-state index in [1.165, 1.54) is 5.56 Å². The molecule has 1 saturated heterocycles. The van der Waals surface area contributed by atoms with E-state index in [4.69, 9.17) is 4.74 Å². The van der Waals surface area contributed by atoms with Crippen LogP contribution in [-0.2, 0) is 9.59 Å². The molecule has 2 heterocycles. The number of dihydropyridines is 1. The number of allylic oxidation sites excluding steroid dienone is 2. The molecule has 0 saturated carbocycles. The summed E-state index contributed by atoms with van der Waals surface area (Å²) in [7, 11) is 1.71. The number of rotatable bonds is 10. The third kappa shape index (κ3) is 7.53. The van der Waals surface area contributed by atoms with Gasteiger partial charge in [-0.05, 0) is 88.0 Å². The van der Waals surface area contributed by atoms with Gasteiger partial charge in [-0.2, -0.15) is 5.26 Å². The van der Waals surface area contributed by atoms with Gasteiger partial charge in [0.1, 0.15) is 5.75 Å². The molecule has 0 aliphatic carbocycles. The zero-order valence-corrected chi connectivity index (χ0v) is 24.7. The van der Waals surface area contributed by atoms with Gasteiger partial charge in [0.2, 0.25) is 5.96 Å². The first-order valence-electron chi connectivity index (χ1n) is 14.3. The monoisotopic (exact) mass is 586 g/mol. The molecule has 43 heavy (non-hydrogen) atoms. The van der Waals surface area contributed by atoms with Crippen LogP contribution in [0.4, 0.5) is 5.69 Å². The summed E-state index contributed by atoms with van der Waals surface area (Å²) >= 11 is 0. The van der Waals surface area contributed by atoms with Crippen molar-refractivity contribution in [3.8, 4) is 11.9 Å². The molecule has 2 aromatic rings. The molecule has 0 radical (unpaired) electrons. The molecule has 11 nitrogen and oxygen atoms in total. The second-order valence-electron chi connectivity index (χ2n) is 10.7. The quantitative estimate of drug-likeness (QED) is 0.0897. The van der Waals surface area contributed by atoms with Gasteiger partial charge in [0.05, 0.1) is 24.2 Å². The number of hydrogen-bond acceptors (Lipinski definition) is 7. The first-order chi connectivity index (χ1) is 20.7. The summed E-state index contributed by atoms with van der Waals surface area (Å²) in [5, 5.41) is 37.7. The van der Waals surface area contributed by atoms with Crippen molar-refractivity contribution in [1.29, 1.82) is 5.26 Å². The number of ether oxygens (including phenoxy) is 1. The number of hydrogen-bond donors (Lipinski definition) is 5. The van der Waals surface area contributed by atoms with Crippen molar-refractivity contribution in [1.82, 2.24) is 15.5 Å². The predicted molar refractivity (Wildman–Crippen MR) is 164 cm³/mol. The van der Waals surface area contributed by atoms with E-state index in [9.17, 15) is 25.1 Å². The molecule has 0 aromatic heterocycles. The minimum Gasteiger partial charge on any atom is -0.496 e. The van der Waals surface area contributed by atoms with Crippen LogP contribution in [0.5, 0.6) is 5.75 Å². The van der Waals surface area contributed by atoms with Crippen LogP contribution in [0.2, 0.25) is 0 Å². The number of nitrogens with one attached hydrogen (secondary N) is 3. The van der Waals surface area contributed by atoms with E-state index in [1.54, 1.807) is 45.2 Å². The summed E-state index contributed by atoms with van der Waals surface area (Å²) < 4.78 is 5.55. The average molecular weight is 587 g/mol. The fourth-order valence-electron chi connectivity index (χ4n) is 5.95. The number of guanidine groups is 1. The van der Waals surface area contributed by atoms with Crippen LogP contribution >= 0.6 is 0 Å². The van der Waals surface area contributed by atoms with Crippen LogP contribution in [0.25, 0.3) is 0 Å². The fraction of sp³-hybridized carbons (Fsp3) is 0.375. The van der Waals surface area contributed by atoms with Crippen LogP contribution in [0, 0.1) is 11.5 Å². The molecule has 5 N–H and O–H groups in total. The molecule has 0 atom stereocenters. The number of anilines is 1. The van der Waals surface area contributed by atoms with Crippen molar-refractivity contribution in [3.05, 3.63) is 82.2 Å². The minimum atomic E-state index is -1.20. The topological polar surface area (TPSA) is 159 Å². The van der Waals surface area contributed by atoms with Gasteiger partial charge < -0.3 is 30.5 Å². The number of aliphatic carboxylic acids is 2. The van der Waals surface area contributed by atoms with Crippen molar-refractivity contribution >= 4 is 23.6 Å². The Morgan fingerprint density at radius 1 is 1.07 bits per heavy atom. The molecule has 0 spiro atoms. The van der Waals surface area contributed by atoms with Crippen LogP contribution < -0.4 is 20.7 Å². The smallest absolute Gasteiger partial charge is 0.334 e. The lowest BCUT2D eigenvalue weighted by Crippen LogP contribution is -2.34. The Kier molecular flexibility index (Phi) is 10.4. The SMILES string of the molecule is COc1ccccc1C1CCN(CCCN=C(NC#N)Nc2cccc(C3C(C(=O)O)=C(C)NC(C)=C3C(=O)O)c2)CC1. The maximum atomic E-state index is 12.1. The van der Waals surface area contributed by atoms with Crippen molar-refractivity contribution in [2.24, 2.45) is 4.99 Å². The summed E-state index contributed by atoms with van der Waals surface area (Å²) in [5.74, 6) is -1.68. The van der Waals surface area contributed by atoms with Crippen LogP contribution in [0.3, 0.4) is 0 Å². The number of benzene rings is 2. The lowest BCUT2D eigenvalue weighted by Gasteiger charge is -2.32. The number of carbonyl (C=O) groups is 2. The molecule has 2 aliphatic rings. The molecule has 0 amide bonds. The molecule has 11 heteroatoms. The second-order valence-corrected chi connectivity index (χ2v) is 10.7. The Morgan fingerprint density at radius 3 is 2.37 bits per heavy atom. The molecule has 0 unspecified atom stereocenters. The van der Waals surface area contributed by atoms with Gasteiger partial charge >= 0.3 is 11.9 Å². The van der Waals surface area contributed by atoms with E-state index in [1.807, 2.05) is 18.3 Å². The van der Waals surface area contributed by atoms with E-state index in [0.717, 1.165) is 44.6 Å². The number of piperidine rings is 1. The van der Waals surface area contributed by atoms with Crippen molar-refractivity contribution in [2.45, 2.75) is 44.9 Å². The molecular weight excluding hydrogens is 548 g/mol. The lowest BCUT2D eigenvalue weighted by atomic mass is 9.80. The third-order valence-corrected chi connectivity index (χ3v) is 7.95. The van der Waals surface area contributed by atoms with Gasteiger partial charge in [0, 0.05) is 23.6 Å². The first-order valence-corrected chi connectivity index (χ1v) is 14.3. The highest BCUT2D eigenvalue weighted by atomic mass is 16.5. The number of likely N-dealkylation sites (tertiary alicyclic amines) is 1. The third-order valence-electron chi connectivity index (χ3n) is 7.95. The van der Waals surface area contributed by atoms with Gasteiger partial charge in [-0.25, -0.2) is 9.59 Å². The standard InChI is InChI=1S/C32H38N6O5/c1-20-27(30(39)40)29(28(31(41)42)21(2)36-20)23-8-6-9-24(18-23)37-32(35-19-33)34-14-7-15-38-16-12-22(13-17-38)25-10-4-5-11-26(25)43-3/h4-6,8-11,18,22,29,36H,7,12-17H2,1-3H3,(H,39,40)(H,41,42)(H2,34,35,37). The molecule has 1 fully saturated rings. The van der Waals surface area contributed by atoms with Crippen molar-refractivity contribution in [3.63, 3.8) is 0 Å². The molecule has 4 rings (SSSR count). The molecule has 0 bridgehead atoms. The van der Waals surface area contributed by atoms with Crippen molar-refractivity contribution < 1.29 is 24.5 Å². The van der Waals surface area contributed by atoms with Gasteiger partial charge in [-0.3, -0.25) is 10.3 Å². The van der Waals surface area contributed by atoms with Crippen LogP contribution in [-0.4, -0.2) is 66.3 Å². The number of nitriles is 1. The summed E-state index contributed by atoms with van der Waals surface area (Å²) in [6, 6.07) is 15.1. The van der Waals surface area contributed by atoms with Crippen LogP contribution in [0.15, 0.2) is 76.1 Å². The molecule has 2 aromatic carbocycles. The predicted octanol–water partition coefficient (Wildman–Crippen LogP) is 4.21. The Labute approximate surface area is 251 Å². The summed E-state index contributed by atoms with van der Waals surface area (Å²) in [5.41, 5.74) is 3.01. The van der Waals surface area contributed by atoms with E-state index in [0.29, 0.717) is 35.1 Å². The normalized spacial score (nSPS) is 16.8. The summed E-state index contributed by atoms with van der Waals surface area (Å²) in [6.07, 6.45) is 4.84. The maximum Gasteiger partial charge on any atom is 0.334 e. The fourth-order valence-corrected chi connectivity index (χ4v) is 5.95. The van der Waals surface area contributed by atoms with Crippen molar-refractivity contribution in [2.75, 3.05) is 38.6 Å². The highest BCUT2D eigenvalue weighted by Crippen LogP contribution is 2.39. The summed E-state index contributed by atoms with van der Waals surface area (Å²) in [4.78, 5) is 31.2. The first kappa shape index (κ1) is 31.1.